The van der Waals surface area contributed by atoms with Gasteiger partial charge in [-0.2, -0.15) is 10.5 Å². The summed E-state index contributed by atoms with van der Waals surface area (Å²) in [5, 5.41) is 17.8. The first-order valence-corrected chi connectivity index (χ1v) is 15.4. The van der Waals surface area contributed by atoms with Crippen LogP contribution in [0.5, 0.6) is 0 Å². The van der Waals surface area contributed by atoms with E-state index in [4.69, 9.17) is 0 Å². The van der Waals surface area contributed by atoms with E-state index in [0.717, 1.165) is 21.6 Å². The Bertz CT molecular complexity index is 1050. The van der Waals surface area contributed by atoms with E-state index in [-0.39, 0.29) is 11.1 Å². The van der Waals surface area contributed by atoms with Gasteiger partial charge in [0.2, 0.25) is 10.2 Å². The smallest absolute Gasteiger partial charge is 0.232 e. The highest BCUT2D eigenvalue weighted by Gasteiger charge is 2.27. The van der Waals surface area contributed by atoms with E-state index in [9.17, 15) is 20.1 Å². The second kappa shape index (κ2) is 11.6. The van der Waals surface area contributed by atoms with Crippen LogP contribution in [0.4, 0.5) is 0 Å². The first kappa shape index (κ1) is 27.5. The quantitative estimate of drug-likeness (QED) is 0.220. The van der Waals surface area contributed by atoms with Crippen molar-refractivity contribution in [3.8, 4) is 12.1 Å². The number of nitrogens with zero attached hydrogens (tertiary/aromatic N) is 2. The molecular weight excluding hydrogens is 956 g/mol. The van der Waals surface area contributed by atoms with E-state index < -0.39 is 10.2 Å². The summed E-state index contributed by atoms with van der Waals surface area (Å²) in [7, 11) is 1.47. The lowest BCUT2D eigenvalue weighted by atomic mass is 10.1. The van der Waals surface area contributed by atoms with Crippen LogP contribution in [0.25, 0.3) is 0 Å². The van der Waals surface area contributed by atoms with Gasteiger partial charge in [0, 0.05) is 17.9 Å². The predicted molar refractivity (Wildman–Crippen MR) is 148 cm³/mol. The molecule has 2 rings (SSSR count). The number of benzene rings is 2. The SMILES string of the molecule is N#Cc1c(Br)c(Br)c(C(=O)SSC(=O)c2c(Br)c(Br)c(C#N)c(Br)c2Br)c(Br)c1Br. The third kappa shape index (κ3) is 5.34. The maximum Gasteiger partial charge on any atom is 0.232 e. The van der Waals surface area contributed by atoms with Crippen LogP contribution >= 0.6 is 149 Å². The molecule has 0 fully saturated rings. The summed E-state index contributed by atoms with van der Waals surface area (Å²) < 4.78 is 3.27. The molecule has 0 spiro atoms. The number of carbonyl (C=O) groups excluding carboxylic acids is 2. The molecule has 154 valence electrons. The molecule has 0 aliphatic heterocycles. The molecule has 4 nitrogen and oxygen atoms in total. The van der Waals surface area contributed by atoms with Gasteiger partial charge >= 0.3 is 0 Å². The fourth-order valence-corrected chi connectivity index (χ4v) is 9.49. The molecule has 0 N–H and O–H groups in total. The van der Waals surface area contributed by atoms with Gasteiger partial charge in [-0.1, -0.05) is 0 Å². The summed E-state index contributed by atoms with van der Waals surface area (Å²) in [4.78, 5) is 25.7. The van der Waals surface area contributed by atoms with Gasteiger partial charge in [-0.15, -0.1) is 0 Å². The molecule has 0 saturated carbocycles. The monoisotopic (exact) mass is 947 g/mol. The highest BCUT2D eigenvalue weighted by molar-refractivity contribution is 9.14. The number of halogens is 8. The molecule has 0 aromatic heterocycles. The first-order chi connectivity index (χ1) is 14.0. The van der Waals surface area contributed by atoms with Crippen molar-refractivity contribution in [2.24, 2.45) is 0 Å². The summed E-state index contributed by atoms with van der Waals surface area (Å²) in [6, 6.07) is 4.08. The minimum absolute atomic E-state index is 0.262. The van der Waals surface area contributed by atoms with Crippen LogP contribution < -0.4 is 0 Å². The molecule has 0 radical (unpaired) electrons. The third-order valence-electron chi connectivity index (χ3n) is 3.35. The number of rotatable bonds is 2. The van der Waals surface area contributed by atoms with Crippen molar-refractivity contribution >= 4 is 159 Å². The van der Waals surface area contributed by atoms with Crippen molar-refractivity contribution in [3.05, 3.63) is 58.0 Å². The normalized spacial score (nSPS) is 10.5. The Hall–Kier alpha value is 1.30. The lowest BCUT2D eigenvalue weighted by molar-refractivity contribution is 0.107. The summed E-state index contributed by atoms with van der Waals surface area (Å²) in [6.07, 6.45) is 0. The minimum Gasteiger partial charge on any atom is -0.281 e. The Morgan fingerprint density at radius 3 is 0.967 bits per heavy atom. The van der Waals surface area contributed by atoms with Crippen molar-refractivity contribution in [1.82, 2.24) is 0 Å². The zero-order valence-electron chi connectivity index (χ0n) is 13.6. The largest absolute Gasteiger partial charge is 0.281 e. The lowest BCUT2D eigenvalue weighted by Crippen LogP contribution is -2.02. The maximum absolute atomic E-state index is 12.9. The van der Waals surface area contributed by atoms with Crippen LogP contribution in [0.1, 0.15) is 31.8 Å². The first-order valence-electron chi connectivity index (χ1n) is 6.94. The van der Waals surface area contributed by atoms with Crippen LogP contribution in [-0.2, 0) is 0 Å². The fraction of sp³-hybridized carbons (Fsp3) is 0. The van der Waals surface area contributed by atoms with Gasteiger partial charge in [-0.3, -0.25) is 9.59 Å². The molecule has 2 aromatic rings. The van der Waals surface area contributed by atoms with Crippen molar-refractivity contribution in [1.29, 1.82) is 10.5 Å². The van der Waals surface area contributed by atoms with Gasteiger partial charge in [0.15, 0.2) is 0 Å². The molecule has 30 heavy (non-hydrogen) atoms. The molecule has 0 atom stereocenters. The van der Waals surface area contributed by atoms with Gasteiger partial charge in [0.25, 0.3) is 0 Å². The van der Waals surface area contributed by atoms with Gasteiger partial charge in [0.1, 0.15) is 12.1 Å². The fourth-order valence-electron chi connectivity index (χ4n) is 1.98. The predicted octanol–water partition coefficient (Wildman–Crippen LogP) is 9.89. The summed E-state index contributed by atoms with van der Waals surface area (Å²) in [6.45, 7) is 0. The number of hydrogen-bond donors (Lipinski definition) is 0. The molecule has 2 aromatic carbocycles. The maximum atomic E-state index is 12.9. The minimum atomic E-state index is -0.406. The van der Waals surface area contributed by atoms with Crippen LogP contribution in [0.3, 0.4) is 0 Å². The van der Waals surface area contributed by atoms with Crippen molar-refractivity contribution < 1.29 is 9.59 Å². The highest BCUT2D eigenvalue weighted by atomic mass is 79.9. The zero-order valence-corrected chi connectivity index (χ0v) is 27.9. The standard InChI is InChI=1S/C16Br8N2O2S2/c17-7-3(1-25)8(18)12(22)5(11(7)21)15(27)29-30-16(28)6-13(23)9(19)4(2-26)10(20)14(6)24. The van der Waals surface area contributed by atoms with Crippen molar-refractivity contribution in [2.45, 2.75) is 0 Å². The summed E-state index contributed by atoms with van der Waals surface area (Å²) in [5.41, 5.74) is 1.16. The van der Waals surface area contributed by atoms with Crippen LogP contribution in [-0.4, -0.2) is 10.2 Å². The summed E-state index contributed by atoms with van der Waals surface area (Å²) in [5.74, 6) is 0. The molecule has 0 aliphatic carbocycles. The van der Waals surface area contributed by atoms with Gasteiger partial charge < -0.3 is 0 Å². The Morgan fingerprint density at radius 2 is 0.767 bits per heavy atom. The lowest BCUT2D eigenvalue weighted by Gasteiger charge is -2.13. The number of carbonyl (C=O) groups is 2. The van der Waals surface area contributed by atoms with E-state index in [1.165, 1.54) is 0 Å². The third-order valence-corrected chi connectivity index (χ3v) is 13.8. The Morgan fingerprint density at radius 1 is 0.533 bits per heavy atom. The highest BCUT2D eigenvalue weighted by Crippen LogP contribution is 2.47. The van der Waals surface area contributed by atoms with E-state index >= 15 is 0 Å². The van der Waals surface area contributed by atoms with Crippen LogP contribution in [0, 0.1) is 22.7 Å². The zero-order chi connectivity index (χ0) is 22.9. The van der Waals surface area contributed by atoms with Gasteiger partial charge in [0.05, 0.1) is 40.1 Å². The van der Waals surface area contributed by atoms with E-state index in [1.807, 2.05) is 12.1 Å². The Balaban J connectivity index is 2.39. The number of nitriles is 2. The number of hydrogen-bond acceptors (Lipinski definition) is 6. The Kier molecular flexibility index (Phi) is 10.7. The molecule has 0 saturated heterocycles. The van der Waals surface area contributed by atoms with Gasteiger partial charge in [-0.05, 0) is 149 Å². The second-order valence-electron chi connectivity index (χ2n) is 4.98. The molecule has 0 bridgehead atoms. The molecular formula is C16Br8N2O2S2. The van der Waals surface area contributed by atoms with Crippen molar-refractivity contribution in [3.63, 3.8) is 0 Å². The van der Waals surface area contributed by atoms with Crippen LogP contribution in [0.2, 0.25) is 0 Å². The van der Waals surface area contributed by atoms with Crippen molar-refractivity contribution in [2.75, 3.05) is 0 Å². The van der Waals surface area contributed by atoms with E-state index in [1.54, 1.807) is 0 Å². The van der Waals surface area contributed by atoms with E-state index in [0.29, 0.717) is 46.9 Å². The molecule has 0 unspecified atom stereocenters. The molecule has 0 amide bonds. The van der Waals surface area contributed by atoms with Gasteiger partial charge in [-0.25, -0.2) is 0 Å². The van der Waals surface area contributed by atoms with E-state index in [2.05, 4.69) is 127 Å². The van der Waals surface area contributed by atoms with Crippen LogP contribution in [0.15, 0.2) is 35.8 Å². The topological polar surface area (TPSA) is 81.7 Å². The Labute approximate surface area is 246 Å². The summed E-state index contributed by atoms with van der Waals surface area (Å²) >= 11 is 26.6. The average molecular weight is 956 g/mol. The average Bonchev–Trinajstić information content (AvgIpc) is 2.70. The molecule has 14 heteroatoms. The second-order valence-corrected chi connectivity index (χ2v) is 13.4. The molecule has 0 heterocycles. The molecule has 0 aliphatic rings.